The summed E-state index contributed by atoms with van der Waals surface area (Å²) in [6.45, 7) is 0.190. The molecule has 0 aliphatic rings. The summed E-state index contributed by atoms with van der Waals surface area (Å²) in [4.78, 5) is 0. The highest BCUT2D eigenvalue weighted by Crippen LogP contribution is 2.26. The highest BCUT2D eigenvalue weighted by Gasteiger charge is 2.02. The van der Waals surface area contributed by atoms with Crippen molar-refractivity contribution >= 4 is 22.0 Å². The Morgan fingerprint density at radius 1 is 1.41 bits per heavy atom. The maximum atomic E-state index is 8.63. The highest BCUT2D eigenvalue weighted by atomic mass is 79.9. The lowest BCUT2D eigenvalue weighted by molar-refractivity contribution is 0.368. The molecule has 0 aromatic heterocycles. The SMILES string of the molecule is C#CCOc1ccc(C=C(C#N)C#N)cc1Br. The lowest BCUT2D eigenvalue weighted by Crippen LogP contribution is -1.94. The number of benzene rings is 1. The van der Waals surface area contributed by atoms with Crippen molar-refractivity contribution in [3.63, 3.8) is 0 Å². The average Bonchev–Trinajstić information content (AvgIpc) is 2.35. The van der Waals surface area contributed by atoms with Crippen molar-refractivity contribution in [3.05, 3.63) is 33.8 Å². The van der Waals surface area contributed by atoms with E-state index in [0.29, 0.717) is 5.75 Å². The van der Waals surface area contributed by atoms with E-state index in [4.69, 9.17) is 21.7 Å². The third-order valence-corrected chi connectivity index (χ3v) is 2.44. The first-order valence-electron chi connectivity index (χ1n) is 4.59. The molecule has 0 saturated heterocycles. The molecule has 0 bridgehead atoms. The van der Waals surface area contributed by atoms with Crippen molar-refractivity contribution in [1.82, 2.24) is 0 Å². The number of halogens is 1. The average molecular weight is 287 g/mol. The van der Waals surface area contributed by atoms with Crippen LogP contribution in [0.1, 0.15) is 5.56 Å². The standard InChI is InChI=1S/C13H7BrN2O/c1-2-5-17-13-4-3-10(7-12(13)14)6-11(8-15)9-16/h1,3-4,6-7H,5H2. The van der Waals surface area contributed by atoms with Gasteiger partial charge in [0.15, 0.2) is 0 Å². The molecule has 1 aromatic carbocycles. The normalized spacial score (nSPS) is 8.35. The molecule has 3 nitrogen and oxygen atoms in total. The molecule has 0 saturated carbocycles. The largest absolute Gasteiger partial charge is 0.480 e. The topological polar surface area (TPSA) is 56.8 Å². The van der Waals surface area contributed by atoms with Crippen LogP contribution in [0.4, 0.5) is 0 Å². The molecule has 0 N–H and O–H groups in total. The van der Waals surface area contributed by atoms with Crippen molar-refractivity contribution in [2.75, 3.05) is 6.61 Å². The first-order chi connectivity index (χ1) is 8.21. The van der Waals surface area contributed by atoms with Gasteiger partial charge in [0.2, 0.25) is 0 Å². The van der Waals surface area contributed by atoms with Crippen LogP contribution in [-0.2, 0) is 0 Å². The molecule has 4 heteroatoms. The van der Waals surface area contributed by atoms with Gasteiger partial charge in [0.05, 0.1) is 4.47 Å². The van der Waals surface area contributed by atoms with Gasteiger partial charge in [0, 0.05) is 0 Å². The number of nitriles is 2. The molecule has 0 unspecified atom stereocenters. The molecule has 0 atom stereocenters. The van der Waals surface area contributed by atoms with Crippen LogP contribution in [0.15, 0.2) is 28.2 Å². The third kappa shape index (κ3) is 3.68. The van der Waals surface area contributed by atoms with E-state index in [1.807, 2.05) is 0 Å². The molecule has 0 spiro atoms. The first kappa shape index (κ1) is 12.8. The van der Waals surface area contributed by atoms with E-state index < -0.39 is 0 Å². The van der Waals surface area contributed by atoms with Gasteiger partial charge in [-0.3, -0.25) is 0 Å². The van der Waals surface area contributed by atoms with Crippen molar-refractivity contribution in [2.45, 2.75) is 0 Å². The minimum absolute atomic E-state index is 0.0502. The van der Waals surface area contributed by atoms with Crippen LogP contribution in [0.5, 0.6) is 5.75 Å². The summed E-state index contributed by atoms with van der Waals surface area (Å²) in [6, 6.07) is 8.80. The van der Waals surface area contributed by atoms with E-state index in [2.05, 4.69) is 21.9 Å². The van der Waals surface area contributed by atoms with Crippen LogP contribution < -0.4 is 4.74 Å². The monoisotopic (exact) mass is 286 g/mol. The van der Waals surface area contributed by atoms with Crippen LogP contribution in [0.3, 0.4) is 0 Å². The van der Waals surface area contributed by atoms with E-state index in [1.165, 1.54) is 6.08 Å². The number of terminal acetylenes is 1. The van der Waals surface area contributed by atoms with Gasteiger partial charge in [-0.05, 0) is 39.7 Å². The van der Waals surface area contributed by atoms with Gasteiger partial charge in [0.25, 0.3) is 0 Å². The molecule has 0 aliphatic carbocycles. The Hall–Kier alpha value is -2.22. The summed E-state index contributed by atoms with van der Waals surface area (Å²) < 4.78 is 5.98. The zero-order valence-electron chi connectivity index (χ0n) is 8.77. The van der Waals surface area contributed by atoms with Gasteiger partial charge in [-0.2, -0.15) is 10.5 Å². The molecule has 0 radical (unpaired) electrons. The Bertz CT molecular complexity index is 555. The zero-order chi connectivity index (χ0) is 12.7. The summed E-state index contributed by atoms with van der Waals surface area (Å²) in [6.07, 6.45) is 6.58. The van der Waals surface area contributed by atoms with Crippen molar-refractivity contribution in [3.8, 4) is 30.2 Å². The first-order valence-corrected chi connectivity index (χ1v) is 5.38. The number of ether oxygens (including phenoxy) is 1. The molecule has 0 heterocycles. The number of hydrogen-bond acceptors (Lipinski definition) is 3. The highest BCUT2D eigenvalue weighted by molar-refractivity contribution is 9.10. The van der Waals surface area contributed by atoms with Gasteiger partial charge in [-0.1, -0.05) is 12.0 Å². The van der Waals surface area contributed by atoms with E-state index in [-0.39, 0.29) is 12.2 Å². The lowest BCUT2D eigenvalue weighted by Gasteiger charge is -2.05. The summed E-state index contributed by atoms with van der Waals surface area (Å²) in [5, 5.41) is 17.3. The second-order valence-corrected chi connectivity index (χ2v) is 3.82. The number of hydrogen-bond donors (Lipinski definition) is 0. The van der Waals surface area contributed by atoms with E-state index in [0.717, 1.165) is 10.0 Å². The zero-order valence-corrected chi connectivity index (χ0v) is 10.4. The van der Waals surface area contributed by atoms with E-state index >= 15 is 0 Å². The second kappa shape index (κ2) is 6.38. The molecule has 0 amide bonds. The summed E-state index contributed by atoms with van der Waals surface area (Å²) in [5.74, 6) is 2.99. The summed E-state index contributed by atoms with van der Waals surface area (Å²) in [5.41, 5.74) is 0.789. The minimum Gasteiger partial charge on any atom is -0.480 e. The number of nitrogens with zero attached hydrogens (tertiary/aromatic N) is 2. The summed E-state index contributed by atoms with van der Waals surface area (Å²) >= 11 is 3.32. The fraction of sp³-hybridized carbons (Fsp3) is 0.0769. The fourth-order valence-electron chi connectivity index (χ4n) is 1.10. The number of allylic oxidation sites excluding steroid dienone is 1. The predicted molar refractivity (Wildman–Crippen MR) is 67.7 cm³/mol. The van der Waals surface area contributed by atoms with Crippen LogP contribution in [0, 0.1) is 35.0 Å². The van der Waals surface area contributed by atoms with Crippen LogP contribution in [-0.4, -0.2) is 6.61 Å². The van der Waals surface area contributed by atoms with E-state index in [1.54, 1.807) is 30.3 Å². The fourth-order valence-corrected chi connectivity index (χ4v) is 1.61. The molecule has 0 aliphatic heterocycles. The van der Waals surface area contributed by atoms with Gasteiger partial charge in [-0.25, -0.2) is 0 Å². The number of rotatable bonds is 3. The predicted octanol–water partition coefficient (Wildman–Crippen LogP) is 2.89. The quantitative estimate of drug-likeness (QED) is 0.634. The van der Waals surface area contributed by atoms with Gasteiger partial charge in [-0.15, -0.1) is 6.42 Å². The molecular weight excluding hydrogens is 280 g/mol. The Morgan fingerprint density at radius 2 is 2.12 bits per heavy atom. The Labute approximate surface area is 108 Å². The molecule has 82 valence electrons. The van der Waals surface area contributed by atoms with Crippen LogP contribution in [0.25, 0.3) is 6.08 Å². The van der Waals surface area contributed by atoms with Gasteiger partial charge in [0.1, 0.15) is 30.1 Å². The van der Waals surface area contributed by atoms with Gasteiger partial charge < -0.3 is 4.74 Å². The Kier molecular flexibility index (Phi) is 4.82. The summed E-state index contributed by atoms with van der Waals surface area (Å²) in [7, 11) is 0. The maximum Gasteiger partial charge on any atom is 0.148 e. The molecule has 1 aromatic rings. The second-order valence-electron chi connectivity index (χ2n) is 2.96. The lowest BCUT2D eigenvalue weighted by atomic mass is 10.1. The van der Waals surface area contributed by atoms with Crippen LogP contribution >= 0.6 is 15.9 Å². The molecular formula is C13H7BrN2O. The minimum atomic E-state index is 0.0502. The smallest absolute Gasteiger partial charge is 0.148 e. The van der Waals surface area contributed by atoms with Crippen LogP contribution in [0.2, 0.25) is 0 Å². The maximum absolute atomic E-state index is 8.63. The van der Waals surface area contributed by atoms with E-state index in [9.17, 15) is 0 Å². The Balaban J connectivity index is 2.99. The van der Waals surface area contributed by atoms with Crippen molar-refractivity contribution in [1.29, 1.82) is 10.5 Å². The van der Waals surface area contributed by atoms with Crippen molar-refractivity contribution < 1.29 is 4.74 Å². The molecule has 17 heavy (non-hydrogen) atoms. The van der Waals surface area contributed by atoms with Gasteiger partial charge >= 0.3 is 0 Å². The third-order valence-electron chi connectivity index (χ3n) is 1.82. The molecule has 0 fully saturated rings. The Morgan fingerprint density at radius 3 is 2.65 bits per heavy atom. The van der Waals surface area contributed by atoms with Crippen molar-refractivity contribution in [2.24, 2.45) is 0 Å². The molecule has 1 rings (SSSR count).